The number of nitrogens with zero attached hydrogens (tertiary/aromatic N) is 2. The van der Waals surface area contributed by atoms with Crippen LogP contribution in [0.2, 0.25) is 0 Å². The summed E-state index contributed by atoms with van der Waals surface area (Å²) >= 11 is 0. The number of amides is 1. The molecule has 1 aromatic rings. The van der Waals surface area contributed by atoms with Crippen LogP contribution >= 0.6 is 0 Å². The molecule has 0 bridgehead atoms. The van der Waals surface area contributed by atoms with E-state index in [-0.39, 0.29) is 6.09 Å². The summed E-state index contributed by atoms with van der Waals surface area (Å²) in [6.45, 7) is 11.0. The highest BCUT2D eigenvalue weighted by molar-refractivity contribution is 5.67. The zero-order valence-electron chi connectivity index (χ0n) is 13.6. The zero-order chi connectivity index (χ0) is 15.9. The van der Waals surface area contributed by atoms with E-state index < -0.39 is 5.60 Å². The summed E-state index contributed by atoms with van der Waals surface area (Å²) in [5.41, 5.74) is 0.552. The molecule has 0 saturated heterocycles. The second-order valence-electron chi connectivity index (χ2n) is 6.19. The van der Waals surface area contributed by atoms with Gasteiger partial charge in [0, 0.05) is 24.8 Å². The molecular formula is C15H26N4O2. The van der Waals surface area contributed by atoms with E-state index in [1.807, 2.05) is 26.8 Å². The molecule has 1 heterocycles. The minimum absolute atomic E-state index is 0.377. The molecular weight excluding hydrogens is 268 g/mol. The molecule has 6 heteroatoms. The molecule has 1 aromatic heterocycles. The van der Waals surface area contributed by atoms with Gasteiger partial charge in [-0.2, -0.15) is 0 Å². The minimum Gasteiger partial charge on any atom is -0.444 e. The van der Waals surface area contributed by atoms with Gasteiger partial charge in [-0.05, 0) is 33.1 Å². The quantitative estimate of drug-likeness (QED) is 0.789. The highest BCUT2D eigenvalue weighted by Crippen LogP contribution is 2.13. The largest absolute Gasteiger partial charge is 0.444 e. The Bertz CT molecular complexity index is 455. The van der Waals surface area contributed by atoms with Crippen molar-refractivity contribution in [3.63, 3.8) is 0 Å². The second-order valence-corrected chi connectivity index (χ2v) is 6.19. The SMILES string of the molecule is CC(C)c1cc(NCCCNC(=O)OC(C)(C)C)ncn1. The van der Waals surface area contributed by atoms with Crippen LogP contribution in [0.3, 0.4) is 0 Å². The molecule has 0 spiro atoms. The molecule has 0 aliphatic carbocycles. The van der Waals surface area contributed by atoms with Crippen LogP contribution in [-0.2, 0) is 4.74 Å². The Hall–Kier alpha value is -1.85. The van der Waals surface area contributed by atoms with Crippen molar-refractivity contribution in [2.24, 2.45) is 0 Å². The summed E-state index contributed by atoms with van der Waals surface area (Å²) in [7, 11) is 0. The summed E-state index contributed by atoms with van der Waals surface area (Å²) in [4.78, 5) is 19.8. The predicted molar refractivity (Wildman–Crippen MR) is 83.5 cm³/mol. The Balaban J connectivity index is 2.23. The lowest BCUT2D eigenvalue weighted by molar-refractivity contribution is 0.0528. The van der Waals surface area contributed by atoms with Crippen molar-refractivity contribution in [1.29, 1.82) is 0 Å². The van der Waals surface area contributed by atoms with Crippen molar-refractivity contribution >= 4 is 11.9 Å². The van der Waals surface area contributed by atoms with Crippen molar-refractivity contribution in [2.75, 3.05) is 18.4 Å². The van der Waals surface area contributed by atoms with E-state index in [0.717, 1.165) is 24.5 Å². The molecule has 0 aliphatic heterocycles. The van der Waals surface area contributed by atoms with Gasteiger partial charge in [0.05, 0.1) is 0 Å². The summed E-state index contributed by atoms with van der Waals surface area (Å²) in [6, 6.07) is 1.95. The number of anilines is 1. The number of hydrogen-bond acceptors (Lipinski definition) is 5. The average molecular weight is 294 g/mol. The molecule has 0 saturated carbocycles. The van der Waals surface area contributed by atoms with Gasteiger partial charge in [-0.3, -0.25) is 0 Å². The van der Waals surface area contributed by atoms with Crippen molar-refractivity contribution in [3.05, 3.63) is 18.1 Å². The molecule has 118 valence electrons. The van der Waals surface area contributed by atoms with Gasteiger partial charge in [0.1, 0.15) is 17.7 Å². The molecule has 2 N–H and O–H groups in total. The fourth-order valence-electron chi connectivity index (χ4n) is 1.59. The number of alkyl carbamates (subject to hydrolysis) is 1. The van der Waals surface area contributed by atoms with Gasteiger partial charge >= 0.3 is 6.09 Å². The number of carbonyl (C=O) groups excluding carboxylic acids is 1. The first-order valence-corrected chi connectivity index (χ1v) is 7.30. The molecule has 0 radical (unpaired) electrons. The Morgan fingerprint density at radius 1 is 1.29 bits per heavy atom. The van der Waals surface area contributed by atoms with E-state index in [2.05, 4.69) is 34.4 Å². The summed E-state index contributed by atoms with van der Waals surface area (Å²) in [5, 5.41) is 5.94. The third kappa shape index (κ3) is 7.48. The van der Waals surface area contributed by atoms with Crippen LogP contribution in [-0.4, -0.2) is 34.8 Å². The van der Waals surface area contributed by atoms with Gasteiger partial charge < -0.3 is 15.4 Å². The van der Waals surface area contributed by atoms with Gasteiger partial charge in [-0.25, -0.2) is 14.8 Å². The van der Waals surface area contributed by atoms with Gasteiger partial charge in [-0.15, -0.1) is 0 Å². The Labute approximate surface area is 126 Å². The number of aromatic nitrogens is 2. The van der Waals surface area contributed by atoms with Gasteiger partial charge in [0.15, 0.2) is 0 Å². The maximum atomic E-state index is 11.4. The second kappa shape index (κ2) is 7.81. The zero-order valence-corrected chi connectivity index (χ0v) is 13.6. The lowest BCUT2D eigenvalue weighted by atomic mass is 10.1. The first-order chi connectivity index (χ1) is 9.78. The number of hydrogen-bond donors (Lipinski definition) is 2. The van der Waals surface area contributed by atoms with Crippen LogP contribution in [0.4, 0.5) is 10.6 Å². The molecule has 0 fully saturated rings. The Morgan fingerprint density at radius 2 is 2.00 bits per heavy atom. The van der Waals surface area contributed by atoms with Crippen molar-refractivity contribution in [1.82, 2.24) is 15.3 Å². The highest BCUT2D eigenvalue weighted by Gasteiger charge is 2.15. The topological polar surface area (TPSA) is 76.1 Å². The molecule has 0 unspecified atom stereocenters. The standard InChI is InChI=1S/C15H26N4O2/c1-11(2)12-9-13(19-10-18-12)16-7-6-8-17-14(20)21-15(3,4)5/h9-11H,6-8H2,1-5H3,(H,17,20)(H,16,18,19). The fourth-order valence-corrected chi connectivity index (χ4v) is 1.59. The third-order valence-electron chi connectivity index (χ3n) is 2.61. The van der Waals surface area contributed by atoms with Crippen molar-refractivity contribution < 1.29 is 9.53 Å². The highest BCUT2D eigenvalue weighted by atomic mass is 16.6. The fraction of sp³-hybridized carbons (Fsp3) is 0.667. The first kappa shape index (κ1) is 17.2. The van der Waals surface area contributed by atoms with Crippen LogP contribution in [0.5, 0.6) is 0 Å². The van der Waals surface area contributed by atoms with E-state index in [1.165, 1.54) is 0 Å². The number of rotatable bonds is 6. The maximum Gasteiger partial charge on any atom is 0.407 e. The number of ether oxygens (including phenoxy) is 1. The van der Waals surface area contributed by atoms with Crippen molar-refractivity contribution in [2.45, 2.75) is 52.6 Å². The first-order valence-electron chi connectivity index (χ1n) is 7.30. The monoisotopic (exact) mass is 294 g/mol. The molecule has 0 aromatic carbocycles. The van der Waals surface area contributed by atoms with Crippen LogP contribution in [0.15, 0.2) is 12.4 Å². The smallest absolute Gasteiger partial charge is 0.407 e. The lowest BCUT2D eigenvalue weighted by Gasteiger charge is -2.19. The van der Waals surface area contributed by atoms with Crippen LogP contribution in [0.1, 0.15) is 52.7 Å². The normalized spacial score (nSPS) is 11.3. The molecule has 6 nitrogen and oxygen atoms in total. The Kier molecular flexibility index (Phi) is 6.39. The number of carbonyl (C=O) groups is 1. The van der Waals surface area contributed by atoms with Gasteiger partial charge in [0.25, 0.3) is 0 Å². The molecule has 0 atom stereocenters. The third-order valence-corrected chi connectivity index (χ3v) is 2.61. The van der Waals surface area contributed by atoms with E-state index in [4.69, 9.17) is 4.74 Å². The summed E-state index contributed by atoms with van der Waals surface area (Å²) < 4.78 is 5.15. The summed E-state index contributed by atoms with van der Waals surface area (Å²) in [6.07, 6.45) is 1.98. The summed E-state index contributed by atoms with van der Waals surface area (Å²) in [5.74, 6) is 1.19. The van der Waals surface area contributed by atoms with E-state index in [9.17, 15) is 4.79 Å². The maximum absolute atomic E-state index is 11.4. The van der Waals surface area contributed by atoms with Crippen LogP contribution < -0.4 is 10.6 Å². The van der Waals surface area contributed by atoms with Crippen molar-refractivity contribution in [3.8, 4) is 0 Å². The van der Waals surface area contributed by atoms with Gasteiger partial charge in [0.2, 0.25) is 0 Å². The molecule has 21 heavy (non-hydrogen) atoms. The van der Waals surface area contributed by atoms with E-state index in [0.29, 0.717) is 12.5 Å². The minimum atomic E-state index is -0.462. The molecule has 1 amide bonds. The van der Waals surface area contributed by atoms with E-state index >= 15 is 0 Å². The Morgan fingerprint density at radius 3 is 2.62 bits per heavy atom. The van der Waals surface area contributed by atoms with E-state index in [1.54, 1.807) is 6.33 Å². The van der Waals surface area contributed by atoms with Crippen LogP contribution in [0.25, 0.3) is 0 Å². The number of nitrogens with one attached hydrogen (secondary N) is 2. The van der Waals surface area contributed by atoms with Gasteiger partial charge in [-0.1, -0.05) is 13.8 Å². The molecule has 0 aliphatic rings. The average Bonchev–Trinajstić information content (AvgIpc) is 2.36. The predicted octanol–water partition coefficient (Wildman–Crippen LogP) is 2.93. The van der Waals surface area contributed by atoms with Crippen LogP contribution in [0, 0.1) is 0 Å². The molecule has 1 rings (SSSR count). The lowest BCUT2D eigenvalue weighted by Crippen LogP contribution is -2.33.